The van der Waals surface area contributed by atoms with Crippen LogP contribution in [0.1, 0.15) is 24.0 Å². The third-order valence-corrected chi connectivity index (χ3v) is 6.32. The second kappa shape index (κ2) is 8.67. The summed E-state index contributed by atoms with van der Waals surface area (Å²) in [6.07, 6.45) is 2.38. The minimum Gasteiger partial charge on any atom is -0.334 e. The van der Waals surface area contributed by atoms with Crippen molar-refractivity contribution in [3.63, 3.8) is 0 Å². The molecule has 1 aliphatic heterocycles. The molecule has 1 heterocycles. The summed E-state index contributed by atoms with van der Waals surface area (Å²) in [6, 6.07) is 19.9. The summed E-state index contributed by atoms with van der Waals surface area (Å²) in [4.78, 5) is 15.1. The van der Waals surface area contributed by atoms with Crippen molar-refractivity contribution in [2.75, 3.05) is 19.3 Å². The number of carbonyl (C=O) groups is 1. The van der Waals surface area contributed by atoms with Crippen LogP contribution in [0.15, 0.2) is 60.7 Å². The predicted octanol–water partition coefficient (Wildman–Crippen LogP) is 2.89. The third-order valence-electron chi connectivity index (χ3n) is 5.02. The van der Waals surface area contributed by atoms with Gasteiger partial charge in [0.1, 0.15) is 0 Å². The van der Waals surface area contributed by atoms with Gasteiger partial charge in [0.25, 0.3) is 0 Å². The molecule has 0 atom stereocenters. The van der Waals surface area contributed by atoms with E-state index in [4.69, 9.17) is 0 Å². The van der Waals surface area contributed by atoms with E-state index in [0.29, 0.717) is 39.0 Å². The molecule has 6 heteroatoms. The van der Waals surface area contributed by atoms with Gasteiger partial charge in [-0.05, 0) is 24.0 Å². The number of nitrogens with zero attached hydrogens (tertiary/aromatic N) is 2. The molecular weight excluding hydrogens is 360 g/mol. The van der Waals surface area contributed by atoms with Gasteiger partial charge in [0.05, 0.1) is 6.26 Å². The number of hydrogen-bond donors (Lipinski definition) is 0. The molecular formula is C21H26N2O3S. The average Bonchev–Trinajstić information content (AvgIpc) is 2.68. The SMILES string of the molecule is CS(=O)(=O)N1CCC(C(=O)N(Cc2ccccc2)Cc2ccccc2)CC1. The second-order valence-electron chi connectivity index (χ2n) is 7.10. The Morgan fingerprint density at radius 2 is 1.37 bits per heavy atom. The zero-order chi connectivity index (χ0) is 19.3. The molecule has 0 aromatic heterocycles. The molecule has 1 aliphatic rings. The van der Waals surface area contributed by atoms with E-state index in [9.17, 15) is 13.2 Å². The van der Waals surface area contributed by atoms with E-state index in [1.165, 1.54) is 10.6 Å². The first-order valence-electron chi connectivity index (χ1n) is 9.25. The van der Waals surface area contributed by atoms with Crippen molar-refractivity contribution < 1.29 is 13.2 Å². The molecule has 3 rings (SSSR count). The highest BCUT2D eigenvalue weighted by atomic mass is 32.2. The number of amides is 1. The van der Waals surface area contributed by atoms with Gasteiger partial charge in [0.2, 0.25) is 15.9 Å². The van der Waals surface area contributed by atoms with Crippen molar-refractivity contribution in [2.24, 2.45) is 5.92 Å². The van der Waals surface area contributed by atoms with E-state index >= 15 is 0 Å². The number of sulfonamides is 1. The fourth-order valence-electron chi connectivity index (χ4n) is 3.51. The zero-order valence-electron chi connectivity index (χ0n) is 15.6. The van der Waals surface area contributed by atoms with Crippen LogP contribution < -0.4 is 0 Å². The van der Waals surface area contributed by atoms with Gasteiger partial charge in [-0.2, -0.15) is 0 Å². The van der Waals surface area contributed by atoms with Crippen LogP contribution in [0.2, 0.25) is 0 Å². The smallest absolute Gasteiger partial charge is 0.226 e. The van der Waals surface area contributed by atoms with Gasteiger partial charge in [0.15, 0.2) is 0 Å². The summed E-state index contributed by atoms with van der Waals surface area (Å²) in [5.41, 5.74) is 2.19. The predicted molar refractivity (Wildman–Crippen MR) is 106 cm³/mol. The Balaban J connectivity index is 1.72. The van der Waals surface area contributed by atoms with E-state index in [2.05, 4.69) is 0 Å². The van der Waals surface area contributed by atoms with E-state index in [1.54, 1.807) is 0 Å². The van der Waals surface area contributed by atoms with Gasteiger partial charge in [-0.3, -0.25) is 4.79 Å². The molecule has 0 unspecified atom stereocenters. The molecule has 144 valence electrons. The molecule has 0 saturated carbocycles. The first-order chi connectivity index (χ1) is 12.9. The van der Waals surface area contributed by atoms with E-state index in [-0.39, 0.29) is 11.8 Å². The Bertz CT molecular complexity index is 804. The minimum atomic E-state index is -3.18. The summed E-state index contributed by atoms with van der Waals surface area (Å²) in [5, 5.41) is 0. The van der Waals surface area contributed by atoms with Crippen LogP contribution in [-0.4, -0.2) is 42.9 Å². The highest BCUT2D eigenvalue weighted by Crippen LogP contribution is 2.23. The summed E-state index contributed by atoms with van der Waals surface area (Å²) < 4.78 is 24.9. The van der Waals surface area contributed by atoms with Crippen LogP contribution in [-0.2, 0) is 27.9 Å². The molecule has 0 radical (unpaired) electrons. The maximum Gasteiger partial charge on any atom is 0.226 e. The average molecular weight is 387 g/mol. The van der Waals surface area contributed by atoms with Gasteiger partial charge >= 0.3 is 0 Å². The molecule has 0 N–H and O–H groups in total. The number of benzene rings is 2. The Morgan fingerprint density at radius 1 is 0.926 bits per heavy atom. The van der Waals surface area contributed by atoms with Crippen LogP contribution in [0.25, 0.3) is 0 Å². The number of hydrogen-bond acceptors (Lipinski definition) is 3. The third kappa shape index (κ3) is 5.40. The first kappa shape index (κ1) is 19.6. The molecule has 0 bridgehead atoms. The standard InChI is InChI=1S/C21H26N2O3S/c1-27(25,26)23-14-12-20(13-15-23)21(24)22(16-18-8-4-2-5-9-18)17-19-10-6-3-7-11-19/h2-11,20H,12-17H2,1H3. The van der Waals surface area contributed by atoms with Crippen molar-refractivity contribution in [1.29, 1.82) is 0 Å². The number of rotatable bonds is 6. The maximum absolute atomic E-state index is 13.2. The second-order valence-corrected chi connectivity index (χ2v) is 9.08. The van der Waals surface area contributed by atoms with Crippen LogP contribution in [0, 0.1) is 5.92 Å². The lowest BCUT2D eigenvalue weighted by Crippen LogP contribution is -2.43. The summed E-state index contributed by atoms with van der Waals surface area (Å²) in [5.74, 6) is -0.0220. The van der Waals surface area contributed by atoms with Crippen molar-refractivity contribution >= 4 is 15.9 Å². The van der Waals surface area contributed by atoms with Crippen molar-refractivity contribution in [3.05, 3.63) is 71.8 Å². The van der Waals surface area contributed by atoms with Gasteiger partial charge in [-0.25, -0.2) is 12.7 Å². The fourth-order valence-corrected chi connectivity index (χ4v) is 4.39. The molecule has 2 aromatic rings. The van der Waals surface area contributed by atoms with Crippen molar-refractivity contribution in [1.82, 2.24) is 9.21 Å². The lowest BCUT2D eigenvalue weighted by Gasteiger charge is -2.33. The minimum absolute atomic E-state index is 0.107. The maximum atomic E-state index is 13.2. The highest BCUT2D eigenvalue weighted by Gasteiger charge is 2.31. The summed E-state index contributed by atoms with van der Waals surface area (Å²) in [7, 11) is -3.18. The van der Waals surface area contributed by atoms with Crippen molar-refractivity contribution in [3.8, 4) is 0 Å². The first-order valence-corrected chi connectivity index (χ1v) is 11.1. The lowest BCUT2D eigenvalue weighted by atomic mass is 9.96. The molecule has 0 aliphatic carbocycles. The largest absolute Gasteiger partial charge is 0.334 e. The van der Waals surface area contributed by atoms with Gasteiger partial charge in [-0.1, -0.05) is 60.7 Å². The summed E-state index contributed by atoms with van der Waals surface area (Å²) >= 11 is 0. The molecule has 0 spiro atoms. The number of carbonyl (C=O) groups excluding carboxylic acids is 1. The van der Waals surface area contributed by atoms with Crippen LogP contribution in [0.5, 0.6) is 0 Å². The quantitative estimate of drug-likeness (QED) is 0.767. The van der Waals surface area contributed by atoms with E-state index in [1.807, 2.05) is 65.6 Å². The molecule has 2 aromatic carbocycles. The van der Waals surface area contributed by atoms with E-state index in [0.717, 1.165) is 11.1 Å². The van der Waals surface area contributed by atoms with Gasteiger partial charge < -0.3 is 4.90 Å². The molecule has 1 saturated heterocycles. The zero-order valence-corrected chi connectivity index (χ0v) is 16.4. The lowest BCUT2D eigenvalue weighted by molar-refractivity contribution is -0.138. The monoisotopic (exact) mass is 386 g/mol. The number of piperidine rings is 1. The summed E-state index contributed by atoms with van der Waals surface area (Å²) in [6.45, 7) is 1.95. The van der Waals surface area contributed by atoms with Gasteiger partial charge in [0, 0.05) is 32.1 Å². The Morgan fingerprint density at radius 3 is 1.78 bits per heavy atom. The topological polar surface area (TPSA) is 57.7 Å². The van der Waals surface area contributed by atoms with Crippen LogP contribution in [0.4, 0.5) is 0 Å². The van der Waals surface area contributed by atoms with Crippen molar-refractivity contribution in [2.45, 2.75) is 25.9 Å². The Labute approximate surface area is 161 Å². The molecule has 27 heavy (non-hydrogen) atoms. The Hall–Kier alpha value is -2.18. The highest BCUT2D eigenvalue weighted by molar-refractivity contribution is 7.88. The van der Waals surface area contributed by atoms with E-state index < -0.39 is 10.0 Å². The Kier molecular flexibility index (Phi) is 6.29. The van der Waals surface area contributed by atoms with Crippen LogP contribution in [0.3, 0.4) is 0 Å². The molecule has 1 amide bonds. The van der Waals surface area contributed by atoms with Gasteiger partial charge in [-0.15, -0.1) is 0 Å². The normalized spacial score (nSPS) is 16.2. The molecule has 5 nitrogen and oxygen atoms in total. The van der Waals surface area contributed by atoms with Crippen LogP contribution >= 0.6 is 0 Å². The molecule has 1 fully saturated rings. The fraction of sp³-hybridized carbons (Fsp3) is 0.381.